The van der Waals surface area contributed by atoms with Gasteiger partial charge in [-0.3, -0.25) is 9.59 Å². The number of carbonyl (C=O) groups excluding carboxylic acids is 2. The highest BCUT2D eigenvalue weighted by Gasteiger charge is 2.16. The number of thioether (sulfide) groups is 1. The Bertz CT molecular complexity index is 927. The van der Waals surface area contributed by atoms with Crippen LogP contribution < -0.4 is 10.6 Å². The molecule has 0 radical (unpaired) electrons. The van der Waals surface area contributed by atoms with E-state index in [1.54, 1.807) is 49.5 Å². The zero-order chi connectivity index (χ0) is 19.2. The molecule has 0 spiro atoms. The van der Waals surface area contributed by atoms with Gasteiger partial charge in [0.25, 0.3) is 5.91 Å². The molecule has 0 saturated carbocycles. The van der Waals surface area contributed by atoms with Crippen LogP contribution >= 0.6 is 11.8 Å². The summed E-state index contributed by atoms with van der Waals surface area (Å²) in [6.07, 6.45) is 6.40. The molecule has 0 saturated heterocycles. The van der Waals surface area contributed by atoms with Crippen molar-refractivity contribution in [2.24, 2.45) is 0 Å². The number of anilines is 2. The number of aromatic nitrogens is 4. The molecule has 27 heavy (non-hydrogen) atoms. The molecule has 0 aliphatic carbocycles. The van der Waals surface area contributed by atoms with Crippen molar-refractivity contribution >= 4 is 35.0 Å². The van der Waals surface area contributed by atoms with Gasteiger partial charge in [0, 0.05) is 17.6 Å². The predicted molar refractivity (Wildman–Crippen MR) is 104 cm³/mol. The smallest absolute Gasteiger partial charge is 0.258 e. The third-order valence-electron chi connectivity index (χ3n) is 3.83. The second kappa shape index (κ2) is 8.45. The van der Waals surface area contributed by atoms with Crippen molar-refractivity contribution in [2.45, 2.75) is 18.0 Å². The van der Waals surface area contributed by atoms with Crippen LogP contribution in [0.1, 0.15) is 23.3 Å². The molecule has 0 fully saturated rings. The number of benzene rings is 1. The maximum Gasteiger partial charge on any atom is 0.258 e. The first kappa shape index (κ1) is 18.6. The molecular formula is C18H18N6O2S. The average Bonchev–Trinajstić information content (AvgIpc) is 3.23. The number of hydrogen-bond acceptors (Lipinski definition) is 6. The zero-order valence-corrected chi connectivity index (χ0v) is 15.6. The summed E-state index contributed by atoms with van der Waals surface area (Å²) in [5.74, 6) is -0.443. The third-order valence-corrected chi connectivity index (χ3v) is 4.54. The molecule has 0 unspecified atom stereocenters. The second-order valence-corrected chi connectivity index (χ2v) is 6.43. The Morgan fingerprint density at radius 3 is 2.44 bits per heavy atom. The molecule has 2 N–H and O–H groups in total. The first-order valence-corrected chi connectivity index (χ1v) is 9.36. The van der Waals surface area contributed by atoms with Gasteiger partial charge in [-0.15, -0.1) is 11.8 Å². The van der Waals surface area contributed by atoms with E-state index in [1.807, 2.05) is 6.26 Å². The number of amides is 2. The van der Waals surface area contributed by atoms with Crippen LogP contribution in [0.2, 0.25) is 0 Å². The Balaban J connectivity index is 1.63. The highest BCUT2D eigenvalue weighted by atomic mass is 32.2. The Morgan fingerprint density at radius 1 is 1.11 bits per heavy atom. The van der Waals surface area contributed by atoms with E-state index < -0.39 is 6.04 Å². The Labute approximate surface area is 160 Å². The van der Waals surface area contributed by atoms with Gasteiger partial charge in [0.1, 0.15) is 23.7 Å². The van der Waals surface area contributed by atoms with Gasteiger partial charge in [-0.2, -0.15) is 5.10 Å². The molecule has 138 valence electrons. The first-order chi connectivity index (χ1) is 13.1. The van der Waals surface area contributed by atoms with Crippen molar-refractivity contribution in [3.05, 3.63) is 60.8 Å². The molecule has 0 aliphatic heterocycles. The standard InChI is InChI=1S/C18H18N6O2S/c1-12(24-11-19-10-21-24)16(25)22-13-5-7-14(8-6-13)23-17(26)15-4-3-9-20-18(15)27-2/h3-12H,1-2H3,(H,22,25)(H,23,26)/t12-/m0/s1. The van der Waals surface area contributed by atoms with Crippen molar-refractivity contribution in [3.63, 3.8) is 0 Å². The van der Waals surface area contributed by atoms with Gasteiger partial charge in [0.05, 0.1) is 5.56 Å². The quantitative estimate of drug-likeness (QED) is 0.636. The van der Waals surface area contributed by atoms with E-state index in [0.717, 1.165) is 0 Å². The lowest BCUT2D eigenvalue weighted by Gasteiger charge is -2.13. The van der Waals surface area contributed by atoms with Crippen LogP contribution in [0.15, 0.2) is 60.3 Å². The van der Waals surface area contributed by atoms with Gasteiger partial charge in [-0.05, 0) is 49.6 Å². The molecule has 2 aromatic heterocycles. The Hall–Kier alpha value is -3.20. The molecule has 1 aromatic carbocycles. The molecule has 9 heteroatoms. The van der Waals surface area contributed by atoms with Crippen LogP contribution in [-0.2, 0) is 4.79 Å². The van der Waals surface area contributed by atoms with E-state index >= 15 is 0 Å². The Morgan fingerprint density at radius 2 is 1.81 bits per heavy atom. The van der Waals surface area contributed by atoms with Gasteiger partial charge in [0.2, 0.25) is 5.91 Å². The molecule has 0 bridgehead atoms. The summed E-state index contributed by atoms with van der Waals surface area (Å²) in [6, 6.07) is 9.87. The number of pyridine rings is 1. The summed E-state index contributed by atoms with van der Waals surface area (Å²) >= 11 is 1.41. The highest BCUT2D eigenvalue weighted by molar-refractivity contribution is 7.98. The highest BCUT2D eigenvalue weighted by Crippen LogP contribution is 2.20. The maximum absolute atomic E-state index is 12.4. The SMILES string of the molecule is CSc1ncccc1C(=O)Nc1ccc(NC(=O)[C@H](C)n2cncn2)cc1. The average molecular weight is 382 g/mol. The summed E-state index contributed by atoms with van der Waals surface area (Å²) in [4.78, 5) is 32.7. The van der Waals surface area contributed by atoms with Crippen LogP contribution in [0.5, 0.6) is 0 Å². The fourth-order valence-electron chi connectivity index (χ4n) is 2.35. The molecule has 3 aromatic rings. The fraction of sp³-hybridized carbons (Fsp3) is 0.167. The maximum atomic E-state index is 12.4. The summed E-state index contributed by atoms with van der Waals surface area (Å²) in [5.41, 5.74) is 1.76. The first-order valence-electron chi connectivity index (χ1n) is 8.14. The molecule has 2 heterocycles. The van der Waals surface area contributed by atoms with E-state index in [4.69, 9.17) is 0 Å². The van der Waals surface area contributed by atoms with Crippen molar-refractivity contribution in [2.75, 3.05) is 16.9 Å². The lowest BCUT2D eigenvalue weighted by Crippen LogP contribution is -2.24. The summed E-state index contributed by atoms with van der Waals surface area (Å²) in [5, 5.41) is 10.3. The van der Waals surface area contributed by atoms with E-state index in [0.29, 0.717) is 22.0 Å². The van der Waals surface area contributed by atoms with E-state index in [1.165, 1.54) is 29.1 Å². The van der Waals surface area contributed by atoms with Crippen LogP contribution in [0.25, 0.3) is 0 Å². The zero-order valence-electron chi connectivity index (χ0n) is 14.8. The molecule has 1 atom stereocenters. The molecule has 0 aliphatic rings. The molecule has 2 amide bonds. The van der Waals surface area contributed by atoms with Crippen molar-refractivity contribution in [1.29, 1.82) is 0 Å². The van der Waals surface area contributed by atoms with Gasteiger partial charge >= 0.3 is 0 Å². The van der Waals surface area contributed by atoms with Crippen LogP contribution in [0.4, 0.5) is 11.4 Å². The van der Waals surface area contributed by atoms with E-state index in [2.05, 4.69) is 25.7 Å². The lowest BCUT2D eigenvalue weighted by molar-refractivity contribution is -0.119. The van der Waals surface area contributed by atoms with Crippen LogP contribution in [-0.4, -0.2) is 37.8 Å². The van der Waals surface area contributed by atoms with E-state index in [-0.39, 0.29) is 11.8 Å². The van der Waals surface area contributed by atoms with Crippen molar-refractivity contribution < 1.29 is 9.59 Å². The summed E-state index contributed by atoms with van der Waals surface area (Å²) in [7, 11) is 0. The minimum Gasteiger partial charge on any atom is -0.324 e. The summed E-state index contributed by atoms with van der Waals surface area (Å²) < 4.78 is 1.47. The second-order valence-electron chi connectivity index (χ2n) is 5.63. The monoisotopic (exact) mass is 382 g/mol. The minimum atomic E-state index is -0.484. The fourth-order valence-corrected chi connectivity index (χ4v) is 2.89. The van der Waals surface area contributed by atoms with Crippen molar-refractivity contribution in [1.82, 2.24) is 19.7 Å². The third kappa shape index (κ3) is 4.50. The lowest BCUT2D eigenvalue weighted by atomic mass is 10.2. The number of carbonyl (C=O) groups is 2. The Kier molecular flexibility index (Phi) is 5.82. The van der Waals surface area contributed by atoms with Gasteiger partial charge in [-0.1, -0.05) is 0 Å². The summed E-state index contributed by atoms with van der Waals surface area (Å²) in [6.45, 7) is 1.73. The van der Waals surface area contributed by atoms with E-state index in [9.17, 15) is 9.59 Å². The van der Waals surface area contributed by atoms with Gasteiger partial charge in [0.15, 0.2) is 0 Å². The van der Waals surface area contributed by atoms with Crippen LogP contribution in [0, 0.1) is 0 Å². The van der Waals surface area contributed by atoms with Gasteiger partial charge < -0.3 is 10.6 Å². The predicted octanol–water partition coefficient (Wildman–Crippen LogP) is 2.85. The normalized spacial score (nSPS) is 11.6. The number of nitrogens with one attached hydrogen (secondary N) is 2. The number of nitrogens with zero attached hydrogens (tertiary/aromatic N) is 4. The molecular weight excluding hydrogens is 364 g/mol. The van der Waals surface area contributed by atoms with Crippen LogP contribution in [0.3, 0.4) is 0 Å². The van der Waals surface area contributed by atoms with Crippen molar-refractivity contribution in [3.8, 4) is 0 Å². The molecule has 3 rings (SSSR count). The van der Waals surface area contributed by atoms with Gasteiger partial charge in [-0.25, -0.2) is 14.6 Å². The minimum absolute atomic E-state index is 0.211. The topological polar surface area (TPSA) is 102 Å². The number of rotatable bonds is 6. The number of hydrogen-bond donors (Lipinski definition) is 2. The molecule has 8 nitrogen and oxygen atoms in total. The largest absolute Gasteiger partial charge is 0.324 e.